The quantitative estimate of drug-likeness (QED) is 0.808. The third-order valence-electron chi connectivity index (χ3n) is 5.28. The van der Waals surface area contributed by atoms with Crippen molar-refractivity contribution in [3.63, 3.8) is 0 Å². The lowest BCUT2D eigenvalue weighted by Gasteiger charge is -2.12. The van der Waals surface area contributed by atoms with Gasteiger partial charge in [0.2, 0.25) is 0 Å². The van der Waals surface area contributed by atoms with Crippen molar-refractivity contribution in [1.29, 1.82) is 0 Å². The number of aliphatic hydroxyl groups excluding tert-OH is 1. The summed E-state index contributed by atoms with van der Waals surface area (Å²) >= 11 is 5.87. The van der Waals surface area contributed by atoms with Gasteiger partial charge in [0, 0.05) is 22.9 Å². The maximum absolute atomic E-state index is 13.1. The molecule has 1 aliphatic carbocycles. The molecule has 3 N–H and O–H groups in total. The van der Waals surface area contributed by atoms with Gasteiger partial charge in [-0.25, -0.2) is 8.42 Å². The van der Waals surface area contributed by atoms with Gasteiger partial charge in [-0.2, -0.15) is 0 Å². The van der Waals surface area contributed by atoms with E-state index in [-0.39, 0.29) is 24.0 Å². The van der Waals surface area contributed by atoms with Crippen molar-refractivity contribution in [2.45, 2.75) is 29.4 Å². The largest absolute Gasteiger partial charge is 0.396 e. The summed E-state index contributed by atoms with van der Waals surface area (Å²) in [5.74, 6) is -0.311. The Morgan fingerprint density at radius 2 is 1.72 bits per heavy atom. The maximum atomic E-state index is 13.1. The molecule has 2 aromatic rings. The summed E-state index contributed by atoms with van der Waals surface area (Å²) in [5, 5.41) is 9.70. The molecule has 3 atom stereocenters. The highest BCUT2D eigenvalue weighted by molar-refractivity contribution is 7.92. The number of hydrogen-bond acceptors (Lipinski definition) is 4. The molecule has 25 heavy (non-hydrogen) atoms. The van der Waals surface area contributed by atoms with Crippen LogP contribution in [0.25, 0.3) is 0 Å². The molecule has 0 unspecified atom stereocenters. The number of hydrogen-bond donors (Lipinski definition) is 2. The molecule has 3 rings (SSSR count). The van der Waals surface area contributed by atoms with E-state index in [0.29, 0.717) is 5.02 Å². The van der Waals surface area contributed by atoms with Crippen LogP contribution in [-0.4, -0.2) is 31.9 Å². The predicted octanol–water partition coefficient (Wildman–Crippen LogP) is 2.78. The third kappa shape index (κ3) is 2.99. The number of benzene rings is 2. The Balaban J connectivity index is 2.02. The smallest absolute Gasteiger partial charge is 0.182 e. The van der Waals surface area contributed by atoms with Crippen molar-refractivity contribution in [3.05, 3.63) is 64.7 Å². The van der Waals surface area contributed by atoms with E-state index in [9.17, 15) is 13.5 Å². The Morgan fingerprint density at radius 3 is 2.20 bits per heavy atom. The second-order valence-electron chi connectivity index (χ2n) is 6.59. The molecule has 0 bridgehead atoms. The molecule has 0 aromatic heterocycles. The number of aryl methyl sites for hydroxylation is 1. The predicted molar refractivity (Wildman–Crippen MR) is 99.6 cm³/mol. The van der Waals surface area contributed by atoms with Crippen LogP contribution in [0.4, 0.5) is 0 Å². The van der Waals surface area contributed by atoms with Crippen LogP contribution in [0.15, 0.2) is 53.4 Å². The van der Waals surface area contributed by atoms with Gasteiger partial charge in [0.1, 0.15) is 0 Å². The van der Waals surface area contributed by atoms with Crippen molar-refractivity contribution in [2.75, 3.05) is 13.2 Å². The number of nitrogens with two attached hydrogens (primary N) is 1. The van der Waals surface area contributed by atoms with Gasteiger partial charge >= 0.3 is 0 Å². The van der Waals surface area contributed by atoms with Gasteiger partial charge < -0.3 is 10.8 Å². The Labute approximate surface area is 153 Å². The highest BCUT2D eigenvalue weighted by Crippen LogP contribution is 2.63. The Kier molecular flexibility index (Phi) is 4.95. The molecular formula is C19H22ClNO3S. The molecule has 134 valence electrons. The zero-order chi connectivity index (χ0) is 18.2. The Hall–Kier alpha value is -1.40. The summed E-state index contributed by atoms with van der Waals surface area (Å²) in [7, 11) is -3.63. The van der Waals surface area contributed by atoms with Crippen LogP contribution < -0.4 is 5.73 Å². The molecule has 1 saturated carbocycles. The molecule has 4 nitrogen and oxygen atoms in total. The van der Waals surface area contributed by atoms with Gasteiger partial charge in [0.25, 0.3) is 0 Å². The van der Waals surface area contributed by atoms with Crippen LogP contribution in [0, 0.1) is 5.41 Å². The lowest BCUT2D eigenvalue weighted by Crippen LogP contribution is -2.27. The molecular weight excluding hydrogens is 358 g/mol. The SMILES string of the molecule is CCc1ccc([C@@H]2[C@@H](S(=O)(=O)c3ccc(Cl)cc3)[C@@]2(CN)CO)cc1. The van der Waals surface area contributed by atoms with E-state index >= 15 is 0 Å². The maximum Gasteiger partial charge on any atom is 0.182 e. The second-order valence-corrected chi connectivity index (χ2v) is 9.09. The van der Waals surface area contributed by atoms with Crippen molar-refractivity contribution in [2.24, 2.45) is 11.1 Å². The number of rotatable bonds is 6. The van der Waals surface area contributed by atoms with Gasteiger partial charge in [0.05, 0.1) is 16.8 Å². The van der Waals surface area contributed by atoms with E-state index in [1.54, 1.807) is 12.1 Å². The molecule has 0 amide bonds. The first kappa shape index (κ1) is 18.4. The highest BCUT2D eigenvalue weighted by atomic mass is 35.5. The van der Waals surface area contributed by atoms with E-state index in [1.165, 1.54) is 17.7 Å². The lowest BCUT2D eigenvalue weighted by molar-refractivity contribution is 0.212. The van der Waals surface area contributed by atoms with E-state index < -0.39 is 20.5 Å². The number of halogens is 1. The summed E-state index contributed by atoms with van der Waals surface area (Å²) in [5.41, 5.74) is 7.15. The van der Waals surface area contributed by atoms with Crippen LogP contribution >= 0.6 is 11.6 Å². The number of aliphatic hydroxyl groups is 1. The monoisotopic (exact) mass is 379 g/mol. The summed E-state index contributed by atoms with van der Waals surface area (Å²) in [6, 6.07) is 14.0. The van der Waals surface area contributed by atoms with Crippen LogP contribution in [0.2, 0.25) is 5.02 Å². The van der Waals surface area contributed by atoms with Gasteiger partial charge in [-0.05, 0) is 41.8 Å². The fraction of sp³-hybridized carbons (Fsp3) is 0.368. The zero-order valence-electron chi connectivity index (χ0n) is 14.0. The topological polar surface area (TPSA) is 80.4 Å². The first-order valence-electron chi connectivity index (χ1n) is 8.30. The Morgan fingerprint density at radius 1 is 1.12 bits per heavy atom. The lowest BCUT2D eigenvalue weighted by atomic mass is 9.99. The molecule has 0 spiro atoms. The highest BCUT2D eigenvalue weighted by Gasteiger charge is 2.70. The molecule has 0 aliphatic heterocycles. The van der Waals surface area contributed by atoms with Gasteiger partial charge in [-0.3, -0.25) is 0 Å². The van der Waals surface area contributed by atoms with Crippen molar-refractivity contribution in [3.8, 4) is 0 Å². The Bertz CT molecular complexity index is 843. The summed E-state index contributed by atoms with van der Waals surface area (Å²) in [6.07, 6.45) is 0.916. The summed E-state index contributed by atoms with van der Waals surface area (Å²) in [4.78, 5) is 0.209. The van der Waals surface area contributed by atoms with Crippen LogP contribution in [-0.2, 0) is 16.3 Å². The van der Waals surface area contributed by atoms with Crippen molar-refractivity contribution >= 4 is 21.4 Å². The first-order chi connectivity index (χ1) is 11.9. The molecule has 0 saturated heterocycles. The minimum absolute atomic E-state index is 0.112. The van der Waals surface area contributed by atoms with Gasteiger partial charge in [0.15, 0.2) is 9.84 Å². The van der Waals surface area contributed by atoms with E-state index in [0.717, 1.165) is 12.0 Å². The normalized spacial score (nSPS) is 25.8. The number of sulfone groups is 1. The summed E-state index contributed by atoms with van der Waals surface area (Å²) in [6.45, 7) is 1.92. The third-order valence-corrected chi connectivity index (χ3v) is 7.87. The van der Waals surface area contributed by atoms with Crippen molar-refractivity contribution < 1.29 is 13.5 Å². The molecule has 0 radical (unpaired) electrons. The summed E-state index contributed by atoms with van der Waals surface area (Å²) < 4.78 is 26.3. The van der Waals surface area contributed by atoms with Gasteiger partial charge in [-0.1, -0.05) is 42.8 Å². The van der Waals surface area contributed by atoms with Crippen LogP contribution in [0.1, 0.15) is 24.0 Å². The minimum atomic E-state index is -3.63. The van der Waals surface area contributed by atoms with Gasteiger partial charge in [-0.15, -0.1) is 0 Å². The van der Waals surface area contributed by atoms with Crippen molar-refractivity contribution in [1.82, 2.24) is 0 Å². The van der Waals surface area contributed by atoms with Crippen LogP contribution in [0.5, 0.6) is 0 Å². The minimum Gasteiger partial charge on any atom is -0.396 e. The molecule has 1 fully saturated rings. The van der Waals surface area contributed by atoms with E-state index in [2.05, 4.69) is 6.92 Å². The average Bonchev–Trinajstić information content (AvgIpc) is 3.33. The van der Waals surface area contributed by atoms with Crippen LogP contribution in [0.3, 0.4) is 0 Å². The van der Waals surface area contributed by atoms with E-state index in [4.69, 9.17) is 17.3 Å². The molecule has 2 aromatic carbocycles. The average molecular weight is 380 g/mol. The molecule has 0 heterocycles. The first-order valence-corrected chi connectivity index (χ1v) is 10.2. The fourth-order valence-electron chi connectivity index (χ4n) is 3.68. The zero-order valence-corrected chi connectivity index (χ0v) is 15.6. The molecule has 1 aliphatic rings. The second kappa shape index (κ2) is 6.72. The fourth-order valence-corrected chi connectivity index (χ4v) is 6.25. The molecule has 6 heteroatoms. The standard InChI is InChI=1S/C19H22ClNO3S/c1-2-13-3-5-14(6-4-13)17-18(19(17,11-21)12-22)25(23,24)16-9-7-15(20)8-10-16/h3-10,17-18,22H,2,11-12,21H2,1H3/t17-,18-,19+/m1/s1. The van der Waals surface area contributed by atoms with E-state index in [1.807, 2.05) is 24.3 Å².